The Bertz CT molecular complexity index is 783. The first-order chi connectivity index (χ1) is 11.5. The smallest absolute Gasteiger partial charge is 0.270 e. The topological polar surface area (TPSA) is 128 Å². The number of hydrazine groups is 1. The lowest BCUT2D eigenvalue weighted by atomic mass is 10.2. The van der Waals surface area contributed by atoms with Crippen LogP contribution in [0.3, 0.4) is 0 Å². The maximum absolute atomic E-state index is 11.8. The van der Waals surface area contributed by atoms with Gasteiger partial charge in [0.15, 0.2) is 6.20 Å². The van der Waals surface area contributed by atoms with Crippen molar-refractivity contribution >= 4 is 29.3 Å². The van der Waals surface area contributed by atoms with Crippen LogP contribution in [-0.4, -0.2) is 22.5 Å². The number of amides is 2. The lowest BCUT2D eigenvalue weighted by Gasteiger charge is -2.07. The van der Waals surface area contributed by atoms with Crippen LogP contribution in [0.25, 0.3) is 0 Å². The number of hydrogen-bond donors (Lipinski definition) is 2. The van der Waals surface area contributed by atoms with E-state index in [9.17, 15) is 24.9 Å². The number of carbonyl (C=O) groups excluding carboxylic acids is 2. The van der Waals surface area contributed by atoms with E-state index in [0.29, 0.717) is 9.76 Å². The van der Waals surface area contributed by atoms with Crippen molar-refractivity contribution in [3.05, 3.63) is 69.5 Å². The third kappa shape index (κ3) is 4.68. The number of thioether (sulfide) groups is 1. The quantitative estimate of drug-likeness (QED) is 0.270. The molecule has 2 amide bonds. The third-order valence-corrected chi connectivity index (χ3v) is 3.79. The molecule has 0 radical (unpaired) electrons. The molecule has 9 nitrogen and oxygen atoms in total. The van der Waals surface area contributed by atoms with Gasteiger partial charge in [0, 0.05) is 29.8 Å². The van der Waals surface area contributed by atoms with Crippen LogP contribution in [0.2, 0.25) is 0 Å². The number of carbonyl (C=O) groups is 2. The minimum Gasteiger partial charge on any atom is -0.618 e. The van der Waals surface area contributed by atoms with Crippen molar-refractivity contribution in [3.63, 3.8) is 0 Å². The second kappa shape index (κ2) is 7.92. The molecule has 124 valence electrons. The van der Waals surface area contributed by atoms with E-state index in [-0.39, 0.29) is 17.0 Å². The summed E-state index contributed by atoms with van der Waals surface area (Å²) in [6, 6.07) is 9.90. The van der Waals surface area contributed by atoms with Crippen LogP contribution in [0.5, 0.6) is 0 Å². The maximum atomic E-state index is 11.8. The van der Waals surface area contributed by atoms with Gasteiger partial charge in [-0.2, -0.15) is 4.73 Å². The third-order valence-electron chi connectivity index (χ3n) is 2.77. The monoisotopic (exact) mass is 348 g/mol. The van der Waals surface area contributed by atoms with Crippen molar-refractivity contribution in [3.8, 4) is 0 Å². The summed E-state index contributed by atoms with van der Waals surface area (Å²) in [5, 5.41) is 22.4. The number of nitro benzene ring substituents is 1. The average molecular weight is 348 g/mol. The molecule has 0 aliphatic rings. The Kier molecular flexibility index (Phi) is 5.68. The number of nitrogens with zero attached hydrogens (tertiary/aromatic N) is 2. The summed E-state index contributed by atoms with van der Waals surface area (Å²) in [4.78, 5) is 33.6. The summed E-state index contributed by atoms with van der Waals surface area (Å²) in [6.45, 7) is 0. The molecule has 10 heteroatoms. The second-order valence-corrected chi connectivity index (χ2v) is 5.46. The molecule has 0 unspecified atom stereocenters. The molecule has 0 saturated heterocycles. The number of pyridine rings is 1. The Morgan fingerprint density at radius 1 is 1.17 bits per heavy atom. The van der Waals surface area contributed by atoms with E-state index in [0.717, 1.165) is 17.8 Å². The van der Waals surface area contributed by atoms with Crippen LogP contribution in [0.15, 0.2) is 53.7 Å². The van der Waals surface area contributed by atoms with E-state index in [4.69, 9.17) is 0 Å². The van der Waals surface area contributed by atoms with Crippen LogP contribution in [-0.2, 0) is 4.79 Å². The Hall–Kier alpha value is -3.14. The van der Waals surface area contributed by atoms with Crippen LogP contribution in [0.1, 0.15) is 10.4 Å². The molecule has 0 spiro atoms. The highest BCUT2D eigenvalue weighted by Gasteiger charge is 2.13. The fourth-order valence-corrected chi connectivity index (χ4v) is 2.37. The zero-order chi connectivity index (χ0) is 17.5. The molecule has 24 heavy (non-hydrogen) atoms. The maximum Gasteiger partial charge on any atom is 0.270 e. The first-order valence-electron chi connectivity index (χ1n) is 6.62. The first kappa shape index (κ1) is 17.2. The molecule has 2 N–H and O–H groups in total. The summed E-state index contributed by atoms with van der Waals surface area (Å²) in [5.41, 5.74) is 4.15. The highest BCUT2D eigenvalue weighted by Crippen LogP contribution is 2.13. The zero-order valence-electron chi connectivity index (χ0n) is 12.2. The van der Waals surface area contributed by atoms with Gasteiger partial charge >= 0.3 is 0 Å². The van der Waals surface area contributed by atoms with E-state index in [2.05, 4.69) is 10.9 Å². The van der Waals surface area contributed by atoms with Gasteiger partial charge in [-0.3, -0.25) is 30.6 Å². The van der Waals surface area contributed by atoms with Crippen LogP contribution in [0.4, 0.5) is 5.69 Å². The number of rotatable bonds is 5. The Balaban J connectivity index is 1.85. The summed E-state index contributed by atoms with van der Waals surface area (Å²) in [7, 11) is 0. The van der Waals surface area contributed by atoms with Crippen LogP contribution >= 0.6 is 11.8 Å². The molecule has 1 aromatic heterocycles. The molecule has 0 saturated carbocycles. The molecule has 0 fully saturated rings. The summed E-state index contributed by atoms with van der Waals surface area (Å²) in [5.74, 6) is -1.29. The average Bonchev–Trinajstić information content (AvgIpc) is 2.59. The zero-order valence-corrected chi connectivity index (χ0v) is 13.0. The predicted octanol–water partition coefficient (Wildman–Crippen LogP) is 0.781. The first-order valence-corrected chi connectivity index (χ1v) is 7.60. The standard InChI is InChI=1S/C14H12N4O5S/c19-12(9-24-13-6-1-2-7-17(13)21)15-16-14(20)10-4-3-5-11(8-10)18(22)23/h1-8H,9H2,(H,15,19)(H,16,20). The SMILES string of the molecule is O=C(CSc1cccc[n+]1[O-])NNC(=O)c1cccc([N+](=O)[O-])c1. The summed E-state index contributed by atoms with van der Waals surface area (Å²) in [6.07, 6.45) is 1.31. The Morgan fingerprint density at radius 2 is 1.96 bits per heavy atom. The minimum atomic E-state index is -0.685. The van der Waals surface area contributed by atoms with Crippen molar-refractivity contribution < 1.29 is 19.2 Å². The highest BCUT2D eigenvalue weighted by atomic mass is 32.2. The summed E-state index contributed by atoms with van der Waals surface area (Å²) < 4.78 is 0.625. The van der Waals surface area contributed by atoms with E-state index >= 15 is 0 Å². The highest BCUT2D eigenvalue weighted by molar-refractivity contribution is 7.99. The fourth-order valence-electron chi connectivity index (χ4n) is 1.66. The minimum absolute atomic E-state index is 0.0395. The van der Waals surface area contributed by atoms with Crippen molar-refractivity contribution in [2.75, 3.05) is 5.75 Å². The van der Waals surface area contributed by atoms with E-state index in [1.165, 1.54) is 24.4 Å². The van der Waals surface area contributed by atoms with E-state index < -0.39 is 16.7 Å². The normalized spacial score (nSPS) is 10.0. The lowest BCUT2D eigenvalue weighted by Crippen LogP contribution is -2.42. The van der Waals surface area contributed by atoms with Crippen LogP contribution < -0.4 is 15.6 Å². The molecule has 0 atom stereocenters. The summed E-state index contributed by atoms with van der Waals surface area (Å²) >= 11 is 1.01. The van der Waals surface area contributed by atoms with Gasteiger partial charge in [-0.05, 0) is 23.9 Å². The molecule has 0 aliphatic carbocycles. The Labute approximate surface area is 140 Å². The van der Waals surface area contributed by atoms with Gasteiger partial charge in [-0.25, -0.2) is 0 Å². The number of nitrogens with one attached hydrogen (secondary N) is 2. The molecule has 2 aromatic rings. The molecule has 1 heterocycles. The van der Waals surface area contributed by atoms with Gasteiger partial charge in [0.1, 0.15) is 0 Å². The molecule has 1 aromatic carbocycles. The molecule has 0 bridgehead atoms. The number of nitro groups is 1. The number of benzene rings is 1. The van der Waals surface area contributed by atoms with E-state index in [1.807, 2.05) is 0 Å². The van der Waals surface area contributed by atoms with Crippen molar-refractivity contribution in [1.29, 1.82) is 0 Å². The van der Waals surface area contributed by atoms with Crippen LogP contribution in [0, 0.1) is 15.3 Å². The fraction of sp³-hybridized carbons (Fsp3) is 0.0714. The van der Waals surface area contributed by atoms with Gasteiger partial charge in [-0.1, -0.05) is 6.07 Å². The largest absolute Gasteiger partial charge is 0.618 e. The second-order valence-electron chi connectivity index (χ2n) is 4.46. The molecular formula is C14H12N4O5S. The van der Waals surface area contributed by atoms with Gasteiger partial charge in [0.2, 0.25) is 5.91 Å². The number of hydrogen-bond acceptors (Lipinski definition) is 6. The molecule has 2 rings (SSSR count). The predicted molar refractivity (Wildman–Crippen MR) is 84.8 cm³/mol. The number of aromatic nitrogens is 1. The Morgan fingerprint density at radius 3 is 2.67 bits per heavy atom. The molecular weight excluding hydrogens is 336 g/mol. The van der Waals surface area contributed by atoms with Gasteiger partial charge in [-0.15, -0.1) is 0 Å². The lowest BCUT2D eigenvalue weighted by molar-refractivity contribution is -0.645. The van der Waals surface area contributed by atoms with Crippen molar-refractivity contribution in [2.24, 2.45) is 0 Å². The van der Waals surface area contributed by atoms with E-state index in [1.54, 1.807) is 18.2 Å². The van der Waals surface area contributed by atoms with Gasteiger partial charge in [0.05, 0.1) is 10.7 Å². The molecule has 0 aliphatic heterocycles. The van der Waals surface area contributed by atoms with Gasteiger partial charge in [0.25, 0.3) is 16.6 Å². The van der Waals surface area contributed by atoms with Gasteiger partial charge < -0.3 is 5.21 Å². The van der Waals surface area contributed by atoms with Crippen molar-refractivity contribution in [1.82, 2.24) is 10.9 Å². The van der Waals surface area contributed by atoms with Crippen molar-refractivity contribution in [2.45, 2.75) is 5.03 Å². The number of non-ortho nitro benzene ring substituents is 1.